The lowest BCUT2D eigenvalue weighted by Crippen LogP contribution is -2.30. The van der Waals surface area contributed by atoms with Gasteiger partial charge in [0.2, 0.25) is 0 Å². The van der Waals surface area contributed by atoms with E-state index in [0.717, 1.165) is 63.7 Å². The SMILES string of the molecule is CCCCCCCCCCCCCCCCCCCCCC(=O)OC[C@H](COC(=O)CCCCCCCCCC(C)C)OC(=O)CCCCCCCCCCCCCCCCC. The molecule has 0 aromatic carbocycles. The van der Waals surface area contributed by atoms with Gasteiger partial charge in [0.1, 0.15) is 13.2 Å². The molecule has 62 heavy (non-hydrogen) atoms. The predicted octanol–water partition coefficient (Wildman–Crippen LogP) is 18.2. The smallest absolute Gasteiger partial charge is 0.306 e. The van der Waals surface area contributed by atoms with Crippen LogP contribution >= 0.6 is 0 Å². The van der Waals surface area contributed by atoms with Crippen molar-refractivity contribution < 1.29 is 28.6 Å². The predicted molar refractivity (Wildman–Crippen MR) is 266 cm³/mol. The summed E-state index contributed by atoms with van der Waals surface area (Å²) in [6, 6.07) is 0. The van der Waals surface area contributed by atoms with Crippen LogP contribution < -0.4 is 0 Å². The molecule has 0 saturated heterocycles. The third-order valence-corrected chi connectivity index (χ3v) is 12.8. The molecule has 368 valence electrons. The summed E-state index contributed by atoms with van der Waals surface area (Å²) in [6.45, 7) is 9.00. The van der Waals surface area contributed by atoms with Crippen molar-refractivity contribution >= 4 is 17.9 Å². The van der Waals surface area contributed by atoms with Crippen LogP contribution in [-0.4, -0.2) is 37.2 Å². The highest BCUT2D eigenvalue weighted by molar-refractivity contribution is 5.71. The maximum Gasteiger partial charge on any atom is 0.306 e. The monoisotopic (exact) mass is 877 g/mol. The van der Waals surface area contributed by atoms with E-state index in [2.05, 4.69) is 27.7 Å². The van der Waals surface area contributed by atoms with Gasteiger partial charge in [0.05, 0.1) is 0 Å². The largest absolute Gasteiger partial charge is 0.462 e. The zero-order chi connectivity index (χ0) is 45.2. The summed E-state index contributed by atoms with van der Waals surface area (Å²) in [7, 11) is 0. The fraction of sp³-hybridized carbons (Fsp3) is 0.946. The third kappa shape index (κ3) is 49.4. The summed E-state index contributed by atoms with van der Waals surface area (Å²) in [5.41, 5.74) is 0. The van der Waals surface area contributed by atoms with E-state index in [9.17, 15) is 14.4 Å². The van der Waals surface area contributed by atoms with Crippen LogP contribution in [0.25, 0.3) is 0 Å². The van der Waals surface area contributed by atoms with Gasteiger partial charge in [-0.25, -0.2) is 0 Å². The lowest BCUT2D eigenvalue weighted by molar-refractivity contribution is -0.167. The van der Waals surface area contributed by atoms with E-state index in [1.807, 2.05) is 0 Å². The fourth-order valence-corrected chi connectivity index (χ4v) is 8.57. The Morgan fingerprint density at radius 3 is 0.790 bits per heavy atom. The van der Waals surface area contributed by atoms with E-state index in [-0.39, 0.29) is 31.1 Å². The molecule has 0 unspecified atom stereocenters. The standard InChI is InChI=1S/C56H108O6/c1-5-7-9-11-13-15-17-19-21-22-23-24-26-27-29-31-35-39-43-47-54(57)60-50-53(51-61-55(58)48-44-40-37-33-34-38-42-46-52(3)4)62-56(59)49-45-41-36-32-30-28-25-20-18-16-14-12-10-8-6-2/h52-53H,5-51H2,1-4H3/t53-/m1/s1. The lowest BCUT2D eigenvalue weighted by Gasteiger charge is -2.18. The Bertz CT molecular complexity index is 933. The first kappa shape index (κ1) is 60.4. The van der Waals surface area contributed by atoms with E-state index in [0.29, 0.717) is 19.3 Å². The maximum absolute atomic E-state index is 12.8. The minimum absolute atomic E-state index is 0.0629. The first-order valence-corrected chi connectivity index (χ1v) is 27.9. The van der Waals surface area contributed by atoms with Crippen molar-refractivity contribution in [3.63, 3.8) is 0 Å². The van der Waals surface area contributed by atoms with Gasteiger partial charge in [0.25, 0.3) is 0 Å². The van der Waals surface area contributed by atoms with Crippen LogP contribution in [0.5, 0.6) is 0 Å². The zero-order valence-corrected chi connectivity index (χ0v) is 42.3. The maximum atomic E-state index is 12.8. The molecular formula is C56H108O6. The van der Waals surface area contributed by atoms with Crippen molar-refractivity contribution in [1.29, 1.82) is 0 Å². The van der Waals surface area contributed by atoms with Gasteiger partial charge < -0.3 is 14.2 Å². The van der Waals surface area contributed by atoms with Gasteiger partial charge >= 0.3 is 17.9 Å². The average Bonchev–Trinajstić information content (AvgIpc) is 3.26. The highest BCUT2D eigenvalue weighted by Crippen LogP contribution is 2.18. The highest BCUT2D eigenvalue weighted by Gasteiger charge is 2.19. The number of carbonyl (C=O) groups excluding carboxylic acids is 3. The fourth-order valence-electron chi connectivity index (χ4n) is 8.57. The number of hydrogen-bond acceptors (Lipinski definition) is 6. The van der Waals surface area contributed by atoms with Crippen LogP contribution in [0.4, 0.5) is 0 Å². The molecule has 0 aromatic rings. The van der Waals surface area contributed by atoms with Gasteiger partial charge in [-0.2, -0.15) is 0 Å². The molecule has 1 atom stereocenters. The molecule has 0 radical (unpaired) electrons. The van der Waals surface area contributed by atoms with E-state index >= 15 is 0 Å². The molecule has 0 amide bonds. The molecule has 0 fully saturated rings. The van der Waals surface area contributed by atoms with Crippen molar-refractivity contribution in [3.05, 3.63) is 0 Å². The number of carbonyl (C=O) groups is 3. The van der Waals surface area contributed by atoms with E-state index in [1.165, 1.54) is 212 Å². The first-order chi connectivity index (χ1) is 30.4. The van der Waals surface area contributed by atoms with Gasteiger partial charge in [-0.1, -0.05) is 278 Å². The van der Waals surface area contributed by atoms with E-state index in [4.69, 9.17) is 14.2 Å². The minimum atomic E-state index is -0.761. The third-order valence-electron chi connectivity index (χ3n) is 12.8. The average molecular weight is 877 g/mol. The van der Waals surface area contributed by atoms with Crippen LogP contribution in [0.2, 0.25) is 0 Å². The van der Waals surface area contributed by atoms with Gasteiger partial charge in [-0.15, -0.1) is 0 Å². The number of unbranched alkanes of at least 4 members (excludes halogenated alkanes) is 38. The Morgan fingerprint density at radius 1 is 0.306 bits per heavy atom. The minimum Gasteiger partial charge on any atom is -0.462 e. The molecule has 0 aliphatic carbocycles. The Balaban J connectivity index is 4.23. The highest BCUT2D eigenvalue weighted by atomic mass is 16.6. The van der Waals surface area contributed by atoms with Crippen LogP contribution in [0, 0.1) is 5.92 Å². The number of ether oxygens (including phenoxy) is 3. The Hall–Kier alpha value is -1.59. The van der Waals surface area contributed by atoms with Gasteiger partial charge in [-0.3, -0.25) is 14.4 Å². The Kier molecular flexibility index (Phi) is 49.1. The van der Waals surface area contributed by atoms with Crippen LogP contribution in [0.3, 0.4) is 0 Å². The van der Waals surface area contributed by atoms with Crippen LogP contribution in [0.15, 0.2) is 0 Å². The summed E-state index contributed by atoms with van der Waals surface area (Å²) in [5.74, 6) is -0.0612. The normalized spacial score (nSPS) is 12.0. The number of rotatable bonds is 51. The van der Waals surface area contributed by atoms with Crippen molar-refractivity contribution in [2.75, 3.05) is 13.2 Å². The lowest BCUT2D eigenvalue weighted by atomic mass is 10.0. The molecule has 0 aliphatic rings. The topological polar surface area (TPSA) is 78.9 Å². The van der Waals surface area contributed by atoms with E-state index < -0.39 is 6.10 Å². The Labute approximate surface area is 387 Å². The number of esters is 3. The molecule has 0 N–H and O–H groups in total. The van der Waals surface area contributed by atoms with Crippen molar-refractivity contribution in [3.8, 4) is 0 Å². The van der Waals surface area contributed by atoms with Crippen molar-refractivity contribution in [1.82, 2.24) is 0 Å². The molecule has 0 aliphatic heterocycles. The summed E-state index contributed by atoms with van der Waals surface area (Å²) in [4.78, 5) is 38.0. The zero-order valence-electron chi connectivity index (χ0n) is 42.3. The summed E-state index contributed by atoms with van der Waals surface area (Å²) >= 11 is 0. The van der Waals surface area contributed by atoms with Crippen LogP contribution in [-0.2, 0) is 28.6 Å². The molecular weight excluding hydrogens is 769 g/mol. The second kappa shape index (κ2) is 50.4. The van der Waals surface area contributed by atoms with Gasteiger partial charge in [-0.05, 0) is 25.2 Å². The molecule has 0 aromatic heterocycles. The Morgan fingerprint density at radius 2 is 0.532 bits per heavy atom. The molecule has 6 nitrogen and oxygen atoms in total. The first-order valence-electron chi connectivity index (χ1n) is 27.9. The molecule has 0 bridgehead atoms. The quantitative estimate of drug-likeness (QED) is 0.0344. The molecule has 0 heterocycles. The van der Waals surface area contributed by atoms with E-state index in [1.54, 1.807) is 0 Å². The van der Waals surface area contributed by atoms with Crippen molar-refractivity contribution in [2.45, 2.75) is 323 Å². The second-order valence-corrected chi connectivity index (χ2v) is 19.7. The van der Waals surface area contributed by atoms with Crippen LogP contribution in [0.1, 0.15) is 317 Å². The summed E-state index contributed by atoms with van der Waals surface area (Å²) in [5, 5.41) is 0. The summed E-state index contributed by atoms with van der Waals surface area (Å²) in [6.07, 6.45) is 53.9. The van der Waals surface area contributed by atoms with Gasteiger partial charge in [0, 0.05) is 19.3 Å². The number of hydrogen-bond donors (Lipinski definition) is 0. The molecule has 6 heteroatoms. The molecule has 0 saturated carbocycles. The molecule has 0 rings (SSSR count). The summed E-state index contributed by atoms with van der Waals surface area (Å²) < 4.78 is 16.8. The van der Waals surface area contributed by atoms with Gasteiger partial charge in [0.15, 0.2) is 6.10 Å². The van der Waals surface area contributed by atoms with Crippen molar-refractivity contribution in [2.24, 2.45) is 5.92 Å². The second-order valence-electron chi connectivity index (χ2n) is 19.7. The molecule has 0 spiro atoms.